The molecule has 1 aromatic carbocycles. The van der Waals surface area contributed by atoms with Crippen LogP contribution in [0, 0.1) is 22.7 Å². The fourth-order valence-corrected chi connectivity index (χ4v) is 1.43. The van der Waals surface area contributed by atoms with E-state index in [9.17, 15) is 0 Å². The summed E-state index contributed by atoms with van der Waals surface area (Å²) in [5, 5.41) is 18.0. The second-order valence-electron chi connectivity index (χ2n) is 5.05. The van der Waals surface area contributed by atoms with E-state index >= 15 is 0 Å². The standard InChI is InChI=1S/C14H16N2/c1-13(2,9-15)11-5-7-12(8-6-11)14(3,4)10-16/h5-8H,1-4H3. The molecule has 0 saturated heterocycles. The molecule has 0 heterocycles. The van der Waals surface area contributed by atoms with Crippen LogP contribution in [0.2, 0.25) is 0 Å². The number of nitrogens with zero attached hydrogens (tertiary/aromatic N) is 2. The molecule has 2 nitrogen and oxygen atoms in total. The van der Waals surface area contributed by atoms with Crippen LogP contribution in [0.1, 0.15) is 38.8 Å². The van der Waals surface area contributed by atoms with Crippen molar-refractivity contribution < 1.29 is 0 Å². The van der Waals surface area contributed by atoms with Gasteiger partial charge >= 0.3 is 0 Å². The zero-order chi connectivity index (χ0) is 12.4. The van der Waals surface area contributed by atoms with E-state index in [4.69, 9.17) is 10.5 Å². The first-order valence-electron chi connectivity index (χ1n) is 5.27. The smallest absolute Gasteiger partial charge is 0.0766 e. The average Bonchev–Trinajstić information content (AvgIpc) is 2.29. The van der Waals surface area contributed by atoms with E-state index in [1.54, 1.807) is 0 Å². The maximum Gasteiger partial charge on any atom is 0.0766 e. The van der Waals surface area contributed by atoms with Crippen LogP contribution in [0.4, 0.5) is 0 Å². The first kappa shape index (κ1) is 12.3. The molecule has 0 aliphatic heterocycles. The third kappa shape index (κ3) is 2.23. The van der Waals surface area contributed by atoms with E-state index in [1.165, 1.54) is 0 Å². The molecule has 82 valence electrons. The Labute approximate surface area is 97.1 Å². The highest BCUT2D eigenvalue weighted by molar-refractivity contribution is 5.37. The second kappa shape index (κ2) is 3.99. The molecular formula is C14H16N2. The molecule has 2 heteroatoms. The first-order chi connectivity index (χ1) is 7.33. The number of benzene rings is 1. The molecule has 1 rings (SSSR count). The Hall–Kier alpha value is -1.80. The van der Waals surface area contributed by atoms with Gasteiger partial charge in [0.15, 0.2) is 0 Å². The summed E-state index contributed by atoms with van der Waals surface area (Å²) in [7, 11) is 0. The van der Waals surface area contributed by atoms with Crippen LogP contribution < -0.4 is 0 Å². The first-order valence-corrected chi connectivity index (χ1v) is 5.27. The topological polar surface area (TPSA) is 47.6 Å². The number of hydrogen-bond donors (Lipinski definition) is 0. The molecule has 0 aliphatic carbocycles. The van der Waals surface area contributed by atoms with Crippen LogP contribution in [0.25, 0.3) is 0 Å². The highest BCUT2D eigenvalue weighted by Gasteiger charge is 2.22. The minimum Gasteiger partial charge on any atom is -0.197 e. The monoisotopic (exact) mass is 212 g/mol. The van der Waals surface area contributed by atoms with Crippen molar-refractivity contribution in [2.45, 2.75) is 38.5 Å². The van der Waals surface area contributed by atoms with Gasteiger partial charge in [-0.15, -0.1) is 0 Å². The number of hydrogen-bond acceptors (Lipinski definition) is 2. The van der Waals surface area contributed by atoms with E-state index in [0.29, 0.717) is 0 Å². The van der Waals surface area contributed by atoms with Gasteiger partial charge in [0.1, 0.15) is 0 Å². The molecule has 0 spiro atoms. The normalized spacial score (nSPS) is 11.6. The molecule has 0 N–H and O–H groups in total. The fourth-order valence-electron chi connectivity index (χ4n) is 1.43. The molecule has 0 aliphatic rings. The van der Waals surface area contributed by atoms with Crippen LogP contribution in [0.5, 0.6) is 0 Å². The molecule has 16 heavy (non-hydrogen) atoms. The lowest BCUT2D eigenvalue weighted by molar-refractivity contribution is 0.671. The van der Waals surface area contributed by atoms with Gasteiger partial charge in [0.2, 0.25) is 0 Å². The summed E-state index contributed by atoms with van der Waals surface area (Å²) in [6.07, 6.45) is 0. The molecule has 0 fully saturated rings. The second-order valence-corrected chi connectivity index (χ2v) is 5.05. The number of rotatable bonds is 2. The van der Waals surface area contributed by atoms with Crippen LogP contribution in [-0.2, 0) is 10.8 Å². The Bertz CT molecular complexity index is 408. The summed E-state index contributed by atoms with van der Waals surface area (Å²) in [4.78, 5) is 0. The average molecular weight is 212 g/mol. The van der Waals surface area contributed by atoms with E-state index in [1.807, 2.05) is 52.0 Å². The Morgan fingerprint density at radius 2 is 1.00 bits per heavy atom. The fraction of sp³-hybridized carbons (Fsp3) is 0.429. The highest BCUT2D eigenvalue weighted by atomic mass is 14.3. The van der Waals surface area contributed by atoms with Gasteiger partial charge in [0, 0.05) is 0 Å². The number of nitriles is 2. The van der Waals surface area contributed by atoms with Gasteiger partial charge in [-0.1, -0.05) is 24.3 Å². The summed E-state index contributed by atoms with van der Waals surface area (Å²) in [6, 6.07) is 12.2. The van der Waals surface area contributed by atoms with Gasteiger partial charge in [-0.2, -0.15) is 10.5 Å². The van der Waals surface area contributed by atoms with Crippen molar-refractivity contribution >= 4 is 0 Å². The van der Waals surface area contributed by atoms with Crippen LogP contribution in [-0.4, -0.2) is 0 Å². The predicted molar refractivity (Wildman–Crippen MR) is 63.7 cm³/mol. The van der Waals surface area contributed by atoms with Gasteiger partial charge in [-0.25, -0.2) is 0 Å². The Morgan fingerprint density at radius 3 is 1.19 bits per heavy atom. The van der Waals surface area contributed by atoms with E-state index in [0.717, 1.165) is 11.1 Å². The minimum atomic E-state index is -0.477. The molecule has 1 aromatic rings. The SMILES string of the molecule is CC(C)(C#N)c1ccc(C(C)(C)C#N)cc1. The Balaban J connectivity index is 3.13. The van der Waals surface area contributed by atoms with Crippen molar-refractivity contribution in [2.24, 2.45) is 0 Å². The Kier molecular flexibility index (Phi) is 3.06. The summed E-state index contributed by atoms with van der Waals surface area (Å²) in [6.45, 7) is 7.55. The van der Waals surface area contributed by atoms with Gasteiger partial charge in [0.25, 0.3) is 0 Å². The van der Waals surface area contributed by atoms with Crippen molar-refractivity contribution in [1.29, 1.82) is 10.5 Å². The van der Waals surface area contributed by atoms with Crippen molar-refractivity contribution in [3.8, 4) is 12.1 Å². The maximum atomic E-state index is 9.02. The summed E-state index contributed by atoms with van der Waals surface area (Å²) in [5.74, 6) is 0. The van der Waals surface area contributed by atoms with Gasteiger partial charge in [-0.3, -0.25) is 0 Å². The lowest BCUT2D eigenvalue weighted by atomic mass is 9.82. The van der Waals surface area contributed by atoms with Crippen LogP contribution in [0.15, 0.2) is 24.3 Å². The Morgan fingerprint density at radius 1 is 0.750 bits per heavy atom. The molecular weight excluding hydrogens is 196 g/mol. The predicted octanol–water partition coefficient (Wildman–Crippen LogP) is 3.29. The van der Waals surface area contributed by atoms with Gasteiger partial charge < -0.3 is 0 Å². The molecule has 0 radical (unpaired) electrons. The van der Waals surface area contributed by atoms with E-state index in [-0.39, 0.29) is 0 Å². The third-order valence-electron chi connectivity index (χ3n) is 2.89. The molecule has 0 saturated carbocycles. The van der Waals surface area contributed by atoms with Gasteiger partial charge in [0.05, 0.1) is 23.0 Å². The molecule has 0 bridgehead atoms. The summed E-state index contributed by atoms with van der Waals surface area (Å²) < 4.78 is 0. The largest absolute Gasteiger partial charge is 0.197 e. The quantitative estimate of drug-likeness (QED) is 0.755. The molecule has 0 atom stereocenters. The van der Waals surface area contributed by atoms with Crippen molar-refractivity contribution in [3.63, 3.8) is 0 Å². The maximum absolute atomic E-state index is 9.02. The zero-order valence-corrected chi connectivity index (χ0v) is 10.2. The van der Waals surface area contributed by atoms with Crippen molar-refractivity contribution in [1.82, 2.24) is 0 Å². The molecule has 0 amide bonds. The molecule has 0 aromatic heterocycles. The van der Waals surface area contributed by atoms with Crippen molar-refractivity contribution in [3.05, 3.63) is 35.4 Å². The summed E-state index contributed by atoms with van der Waals surface area (Å²) >= 11 is 0. The zero-order valence-electron chi connectivity index (χ0n) is 10.2. The van der Waals surface area contributed by atoms with Crippen molar-refractivity contribution in [2.75, 3.05) is 0 Å². The van der Waals surface area contributed by atoms with E-state index in [2.05, 4.69) is 12.1 Å². The lowest BCUT2D eigenvalue weighted by Gasteiger charge is -2.19. The lowest BCUT2D eigenvalue weighted by Crippen LogP contribution is -2.16. The molecule has 0 unspecified atom stereocenters. The van der Waals surface area contributed by atoms with Crippen LogP contribution in [0.3, 0.4) is 0 Å². The highest BCUT2D eigenvalue weighted by Crippen LogP contribution is 2.26. The third-order valence-corrected chi connectivity index (χ3v) is 2.89. The van der Waals surface area contributed by atoms with Crippen LogP contribution >= 0.6 is 0 Å². The minimum absolute atomic E-state index is 0.477. The van der Waals surface area contributed by atoms with Gasteiger partial charge in [-0.05, 0) is 38.8 Å². The van der Waals surface area contributed by atoms with E-state index < -0.39 is 10.8 Å². The summed E-state index contributed by atoms with van der Waals surface area (Å²) in [5.41, 5.74) is 1.00.